The topological polar surface area (TPSA) is 25.6 Å². The van der Waals surface area contributed by atoms with Gasteiger partial charge in [0.2, 0.25) is 0 Å². The number of hydrogen-bond donors (Lipinski definition) is 0. The SMILES string of the molecule is Cc1cc(C(Cl)CCN2CCOCC2)c(C)o1. The zero-order chi connectivity index (χ0) is 12.3. The monoisotopic (exact) mass is 257 g/mol. The van der Waals surface area contributed by atoms with Gasteiger partial charge in [-0.1, -0.05) is 0 Å². The Morgan fingerprint density at radius 2 is 2.06 bits per heavy atom. The molecule has 1 aliphatic heterocycles. The van der Waals surface area contributed by atoms with Gasteiger partial charge in [0.25, 0.3) is 0 Å². The number of alkyl halides is 1. The van der Waals surface area contributed by atoms with Crippen molar-refractivity contribution in [3.63, 3.8) is 0 Å². The van der Waals surface area contributed by atoms with Crippen LogP contribution in [0.2, 0.25) is 0 Å². The quantitative estimate of drug-likeness (QED) is 0.776. The van der Waals surface area contributed by atoms with Crippen LogP contribution in [0.4, 0.5) is 0 Å². The normalized spacial score (nSPS) is 19.5. The number of aryl methyl sites for hydroxylation is 2. The smallest absolute Gasteiger partial charge is 0.105 e. The molecule has 0 spiro atoms. The Hall–Kier alpha value is -0.510. The van der Waals surface area contributed by atoms with Crippen LogP contribution in [0, 0.1) is 13.8 Å². The molecule has 17 heavy (non-hydrogen) atoms. The molecular formula is C13H20ClNO2. The molecule has 0 saturated carbocycles. The highest BCUT2D eigenvalue weighted by Gasteiger charge is 2.17. The van der Waals surface area contributed by atoms with E-state index < -0.39 is 0 Å². The van der Waals surface area contributed by atoms with Crippen molar-refractivity contribution in [2.75, 3.05) is 32.8 Å². The van der Waals surface area contributed by atoms with Gasteiger partial charge in [0.15, 0.2) is 0 Å². The van der Waals surface area contributed by atoms with E-state index in [1.165, 1.54) is 0 Å². The van der Waals surface area contributed by atoms with E-state index in [0.717, 1.165) is 56.4 Å². The second-order valence-corrected chi connectivity index (χ2v) is 5.11. The Bertz CT molecular complexity index is 358. The van der Waals surface area contributed by atoms with E-state index in [9.17, 15) is 0 Å². The molecule has 3 nitrogen and oxygen atoms in total. The van der Waals surface area contributed by atoms with E-state index in [1.54, 1.807) is 0 Å². The van der Waals surface area contributed by atoms with E-state index in [-0.39, 0.29) is 5.38 Å². The third-order valence-electron chi connectivity index (χ3n) is 3.22. The highest BCUT2D eigenvalue weighted by atomic mass is 35.5. The highest BCUT2D eigenvalue weighted by Crippen LogP contribution is 2.29. The summed E-state index contributed by atoms with van der Waals surface area (Å²) in [4.78, 5) is 2.40. The van der Waals surface area contributed by atoms with Crippen LogP contribution in [-0.4, -0.2) is 37.7 Å². The van der Waals surface area contributed by atoms with Crippen molar-refractivity contribution in [3.05, 3.63) is 23.2 Å². The molecule has 0 aliphatic carbocycles. The molecule has 0 radical (unpaired) electrons. The summed E-state index contributed by atoms with van der Waals surface area (Å²) < 4.78 is 10.8. The molecule has 1 aromatic heterocycles. The number of morpholine rings is 1. The van der Waals surface area contributed by atoms with Gasteiger partial charge in [-0.15, -0.1) is 11.6 Å². The van der Waals surface area contributed by atoms with Crippen molar-refractivity contribution in [2.45, 2.75) is 25.6 Å². The van der Waals surface area contributed by atoms with Crippen LogP contribution in [0.3, 0.4) is 0 Å². The summed E-state index contributed by atoms with van der Waals surface area (Å²) in [7, 11) is 0. The first-order valence-electron chi connectivity index (χ1n) is 6.18. The molecule has 2 heterocycles. The molecule has 96 valence electrons. The Morgan fingerprint density at radius 1 is 1.35 bits per heavy atom. The molecule has 1 unspecified atom stereocenters. The Kier molecular flexibility index (Phi) is 4.48. The van der Waals surface area contributed by atoms with Gasteiger partial charge >= 0.3 is 0 Å². The molecular weight excluding hydrogens is 238 g/mol. The molecule has 0 N–H and O–H groups in total. The van der Waals surface area contributed by atoms with Crippen molar-refractivity contribution in [1.29, 1.82) is 0 Å². The van der Waals surface area contributed by atoms with Gasteiger partial charge in [-0.2, -0.15) is 0 Å². The van der Waals surface area contributed by atoms with Crippen LogP contribution in [0.25, 0.3) is 0 Å². The second-order valence-electron chi connectivity index (χ2n) is 4.58. The van der Waals surface area contributed by atoms with E-state index in [4.69, 9.17) is 20.8 Å². The number of halogens is 1. The minimum atomic E-state index is 0.0512. The first-order valence-corrected chi connectivity index (χ1v) is 6.61. The fourth-order valence-corrected chi connectivity index (χ4v) is 2.55. The minimum absolute atomic E-state index is 0.0512. The maximum atomic E-state index is 6.43. The number of hydrogen-bond acceptors (Lipinski definition) is 3. The standard InChI is InChI=1S/C13H20ClNO2/c1-10-9-12(11(2)17-10)13(14)3-4-15-5-7-16-8-6-15/h9,13H,3-8H2,1-2H3. The van der Waals surface area contributed by atoms with Crippen molar-refractivity contribution in [1.82, 2.24) is 4.90 Å². The van der Waals surface area contributed by atoms with Gasteiger partial charge in [-0.3, -0.25) is 4.90 Å². The van der Waals surface area contributed by atoms with Gasteiger partial charge in [0, 0.05) is 25.2 Å². The molecule has 4 heteroatoms. The maximum absolute atomic E-state index is 6.43. The highest BCUT2D eigenvalue weighted by molar-refractivity contribution is 6.20. The van der Waals surface area contributed by atoms with Gasteiger partial charge in [0.1, 0.15) is 11.5 Å². The summed E-state index contributed by atoms with van der Waals surface area (Å²) in [5, 5.41) is 0.0512. The molecule has 0 amide bonds. The lowest BCUT2D eigenvalue weighted by atomic mass is 10.1. The Morgan fingerprint density at radius 3 is 2.65 bits per heavy atom. The summed E-state index contributed by atoms with van der Waals surface area (Å²) in [5.74, 6) is 1.89. The van der Waals surface area contributed by atoms with Crippen LogP contribution < -0.4 is 0 Å². The maximum Gasteiger partial charge on any atom is 0.105 e. The van der Waals surface area contributed by atoms with Gasteiger partial charge in [-0.05, 0) is 26.3 Å². The summed E-state index contributed by atoms with van der Waals surface area (Å²) in [6.45, 7) is 8.70. The van der Waals surface area contributed by atoms with Crippen LogP contribution >= 0.6 is 11.6 Å². The van der Waals surface area contributed by atoms with Gasteiger partial charge < -0.3 is 9.15 Å². The summed E-state index contributed by atoms with van der Waals surface area (Å²) in [6, 6.07) is 2.05. The lowest BCUT2D eigenvalue weighted by Crippen LogP contribution is -2.37. The summed E-state index contributed by atoms with van der Waals surface area (Å²) >= 11 is 6.43. The van der Waals surface area contributed by atoms with E-state index in [1.807, 2.05) is 19.9 Å². The summed E-state index contributed by atoms with van der Waals surface area (Å²) in [6.07, 6.45) is 0.960. The van der Waals surface area contributed by atoms with Crippen molar-refractivity contribution >= 4 is 11.6 Å². The van der Waals surface area contributed by atoms with Crippen molar-refractivity contribution < 1.29 is 9.15 Å². The molecule has 1 aliphatic rings. The third kappa shape index (κ3) is 3.47. The molecule has 1 fully saturated rings. The predicted octanol–water partition coefficient (Wildman–Crippen LogP) is 2.90. The average molecular weight is 258 g/mol. The van der Waals surface area contributed by atoms with Crippen LogP contribution in [0.15, 0.2) is 10.5 Å². The largest absolute Gasteiger partial charge is 0.466 e. The zero-order valence-corrected chi connectivity index (χ0v) is 11.3. The number of nitrogens with zero attached hydrogens (tertiary/aromatic N) is 1. The average Bonchev–Trinajstić information content (AvgIpc) is 2.67. The fourth-order valence-electron chi connectivity index (χ4n) is 2.24. The van der Waals surface area contributed by atoms with E-state index in [2.05, 4.69) is 4.90 Å². The Balaban J connectivity index is 1.84. The van der Waals surface area contributed by atoms with Crippen LogP contribution in [-0.2, 0) is 4.74 Å². The first kappa shape index (κ1) is 12.9. The fraction of sp³-hybridized carbons (Fsp3) is 0.692. The lowest BCUT2D eigenvalue weighted by molar-refractivity contribution is 0.0373. The van der Waals surface area contributed by atoms with E-state index in [0.29, 0.717) is 0 Å². The molecule has 0 aromatic carbocycles. The number of rotatable bonds is 4. The minimum Gasteiger partial charge on any atom is -0.466 e. The molecule has 2 rings (SSSR count). The zero-order valence-electron chi connectivity index (χ0n) is 10.5. The van der Waals surface area contributed by atoms with Crippen LogP contribution in [0.1, 0.15) is 28.9 Å². The van der Waals surface area contributed by atoms with Gasteiger partial charge in [-0.25, -0.2) is 0 Å². The number of ether oxygens (including phenoxy) is 1. The molecule has 1 aromatic rings. The van der Waals surface area contributed by atoms with Gasteiger partial charge in [0.05, 0.1) is 18.6 Å². The summed E-state index contributed by atoms with van der Waals surface area (Å²) in [5.41, 5.74) is 1.14. The molecule has 0 bridgehead atoms. The second kappa shape index (κ2) is 5.89. The van der Waals surface area contributed by atoms with Crippen molar-refractivity contribution in [3.8, 4) is 0 Å². The lowest BCUT2D eigenvalue weighted by Gasteiger charge is -2.27. The first-order chi connectivity index (χ1) is 8.16. The van der Waals surface area contributed by atoms with E-state index >= 15 is 0 Å². The van der Waals surface area contributed by atoms with Crippen molar-refractivity contribution in [2.24, 2.45) is 0 Å². The van der Waals surface area contributed by atoms with Crippen LogP contribution in [0.5, 0.6) is 0 Å². The molecule has 1 saturated heterocycles. The predicted molar refractivity (Wildman–Crippen MR) is 68.7 cm³/mol. The number of furan rings is 1. The molecule has 1 atom stereocenters. The third-order valence-corrected chi connectivity index (χ3v) is 3.67. The Labute approximate surface area is 108 Å².